The molecule has 4 N–H and O–H groups in total. The maximum absolute atomic E-state index is 9.72. The van der Waals surface area contributed by atoms with Crippen molar-refractivity contribution in [2.75, 3.05) is 0 Å². The van der Waals surface area contributed by atoms with Gasteiger partial charge in [0.05, 0.1) is 0 Å². The summed E-state index contributed by atoms with van der Waals surface area (Å²) in [5, 5.41) is 9.72. The van der Waals surface area contributed by atoms with E-state index in [0.717, 1.165) is 11.1 Å². The number of hydrogen-bond acceptors (Lipinski definition) is 1. The summed E-state index contributed by atoms with van der Waals surface area (Å²) >= 11 is 0. The standard InChI is InChI=1S/C10H11NO/c11-9-6-5-7-3-1-2-4-8(7)10(9)12/h1-6,9-10,12H,11H2/p+1/t9-,10-/m0/s1. The molecule has 2 heteroatoms. The second-order valence-corrected chi connectivity index (χ2v) is 3.10. The summed E-state index contributed by atoms with van der Waals surface area (Å²) in [5.41, 5.74) is 5.93. The fraction of sp³-hybridized carbons (Fsp3) is 0.200. The Morgan fingerprint density at radius 1 is 1.25 bits per heavy atom. The van der Waals surface area contributed by atoms with Crippen molar-refractivity contribution in [3.63, 3.8) is 0 Å². The molecule has 0 saturated carbocycles. The van der Waals surface area contributed by atoms with E-state index in [1.165, 1.54) is 0 Å². The molecule has 0 bridgehead atoms. The maximum Gasteiger partial charge on any atom is 0.135 e. The van der Waals surface area contributed by atoms with E-state index in [9.17, 15) is 5.11 Å². The van der Waals surface area contributed by atoms with E-state index < -0.39 is 6.10 Å². The Morgan fingerprint density at radius 2 is 2.00 bits per heavy atom. The number of benzene rings is 1. The molecule has 0 radical (unpaired) electrons. The molecule has 1 aromatic rings. The van der Waals surface area contributed by atoms with E-state index >= 15 is 0 Å². The quantitative estimate of drug-likeness (QED) is 0.568. The summed E-state index contributed by atoms with van der Waals surface area (Å²) in [6.07, 6.45) is 3.51. The molecule has 62 valence electrons. The molecule has 2 nitrogen and oxygen atoms in total. The van der Waals surface area contributed by atoms with E-state index in [1.54, 1.807) is 0 Å². The van der Waals surface area contributed by atoms with Gasteiger partial charge in [0.1, 0.15) is 12.1 Å². The Hall–Kier alpha value is -1.12. The highest BCUT2D eigenvalue weighted by Crippen LogP contribution is 2.25. The highest BCUT2D eigenvalue weighted by Gasteiger charge is 2.22. The monoisotopic (exact) mass is 162 g/mol. The number of quaternary nitrogens is 1. The SMILES string of the molecule is [NH3+][C@H]1C=Cc2ccccc2[C@@H]1O. The first-order valence-electron chi connectivity index (χ1n) is 4.07. The third-order valence-corrected chi connectivity index (χ3v) is 2.24. The molecule has 0 amide bonds. The molecule has 0 saturated heterocycles. The van der Waals surface area contributed by atoms with Crippen LogP contribution in [-0.4, -0.2) is 11.1 Å². The Morgan fingerprint density at radius 3 is 2.83 bits per heavy atom. The van der Waals surface area contributed by atoms with Gasteiger partial charge in [-0.1, -0.05) is 30.3 Å². The molecule has 0 aromatic heterocycles. The molecular formula is C10H12NO+. The van der Waals surface area contributed by atoms with Crippen molar-refractivity contribution in [1.82, 2.24) is 0 Å². The Bertz CT molecular complexity index is 319. The van der Waals surface area contributed by atoms with E-state index in [-0.39, 0.29) is 6.04 Å². The third-order valence-electron chi connectivity index (χ3n) is 2.24. The van der Waals surface area contributed by atoms with Gasteiger partial charge in [-0.2, -0.15) is 0 Å². The molecule has 1 aliphatic rings. The molecule has 0 fully saturated rings. The molecule has 2 rings (SSSR count). The zero-order valence-corrected chi connectivity index (χ0v) is 6.77. The second kappa shape index (κ2) is 2.73. The maximum atomic E-state index is 9.72. The first-order chi connectivity index (χ1) is 5.79. The van der Waals surface area contributed by atoms with E-state index in [0.29, 0.717) is 0 Å². The van der Waals surface area contributed by atoms with E-state index in [2.05, 4.69) is 5.73 Å². The lowest BCUT2D eigenvalue weighted by atomic mass is 9.92. The number of aliphatic hydroxyl groups excluding tert-OH is 1. The average molecular weight is 162 g/mol. The molecule has 0 unspecified atom stereocenters. The summed E-state index contributed by atoms with van der Waals surface area (Å²) in [6.45, 7) is 0. The molecule has 0 heterocycles. The van der Waals surface area contributed by atoms with Crippen LogP contribution in [0.25, 0.3) is 6.08 Å². The first-order valence-corrected chi connectivity index (χ1v) is 4.07. The smallest absolute Gasteiger partial charge is 0.135 e. The largest absolute Gasteiger partial charge is 0.382 e. The minimum Gasteiger partial charge on any atom is -0.382 e. The van der Waals surface area contributed by atoms with Crippen LogP contribution in [0.4, 0.5) is 0 Å². The van der Waals surface area contributed by atoms with Crippen LogP contribution in [0.2, 0.25) is 0 Å². The lowest BCUT2D eigenvalue weighted by Gasteiger charge is -2.19. The van der Waals surface area contributed by atoms with Crippen molar-refractivity contribution in [1.29, 1.82) is 0 Å². The molecule has 2 atom stereocenters. The number of hydrogen-bond donors (Lipinski definition) is 2. The normalized spacial score (nSPS) is 26.8. The Labute approximate surface area is 71.3 Å². The van der Waals surface area contributed by atoms with Crippen LogP contribution in [0.5, 0.6) is 0 Å². The number of fused-ring (bicyclic) bond motifs is 1. The van der Waals surface area contributed by atoms with Crippen LogP contribution in [0.1, 0.15) is 17.2 Å². The third kappa shape index (κ3) is 1.05. The summed E-state index contributed by atoms with van der Waals surface area (Å²) in [5.74, 6) is 0. The van der Waals surface area contributed by atoms with Gasteiger partial charge in [-0.3, -0.25) is 0 Å². The summed E-state index contributed by atoms with van der Waals surface area (Å²) in [6, 6.07) is 7.84. The molecule has 1 aromatic carbocycles. The van der Waals surface area contributed by atoms with Crippen molar-refractivity contribution >= 4 is 6.08 Å². The van der Waals surface area contributed by atoms with Crippen molar-refractivity contribution in [2.45, 2.75) is 12.1 Å². The summed E-state index contributed by atoms with van der Waals surface area (Å²) in [4.78, 5) is 0. The van der Waals surface area contributed by atoms with Crippen LogP contribution >= 0.6 is 0 Å². The highest BCUT2D eigenvalue weighted by molar-refractivity contribution is 5.57. The van der Waals surface area contributed by atoms with Crippen LogP contribution in [0.15, 0.2) is 30.3 Å². The summed E-state index contributed by atoms with van der Waals surface area (Å²) < 4.78 is 0. The van der Waals surface area contributed by atoms with Gasteiger partial charge in [0.25, 0.3) is 0 Å². The van der Waals surface area contributed by atoms with Crippen LogP contribution < -0.4 is 5.73 Å². The number of aliphatic hydroxyl groups is 1. The van der Waals surface area contributed by atoms with Crippen molar-refractivity contribution in [3.05, 3.63) is 41.5 Å². The fourth-order valence-corrected chi connectivity index (χ4v) is 1.50. The second-order valence-electron chi connectivity index (χ2n) is 3.10. The minimum absolute atomic E-state index is 0.0140. The zero-order valence-electron chi connectivity index (χ0n) is 6.77. The van der Waals surface area contributed by atoms with Gasteiger partial charge in [0.2, 0.25) is 0 Å². The van der Waals surface area contributed by atoms with E-state index in [4.69, 9.17) is 0 Å². The summed E-state index contributed by atoms with van der Waals surface area (Å²) in [7, 11) is 0. The van der Waals surface area contributed by atoms with Gasteiger partial charge >= 0.3 is 0 Å². The van der Waals surface area contributed by atoms with Crippen LogP contribution in [0.3, 0.4) is 0 Å². The predicted molar refractivity (Wildman–Crippen MR) is 47.1 cm³/mol. The molecule has 12 heavy (non-hydrogen) atoms. The van der Waals surface area contributed by atoms with Gasteiger partial charge in [-0.15, -0.1) is 0 Å². The van der Waals surface area contributed by atoms with Crippen LogP contribution in [0, 0.1) is 0 Å². The molecule has 0 spiro atoms. The number of rotatable bonds is 0. The Kier molecular flexibility index (Phi) is 1.71. The first kappa shape index (κ1) is 7.53. The predicted octanol–water partition coefficient (Wildman–Crippen LogP) is 0.357. The van der Waals surface area contributed by atoms with Crippen molar-refractivity contribution in [3.8, 4) is 0 Å². The zero-order chi connectivity index (χ0) is 8.55. The molecular weight excluding hydrogens is 150 g/mol. The minimum atomic E-state index is -0.439. The van der Waals surface area contributed by atoms with Gasteiger partial charge in [0, 0.05) is 0 Å². The van der Waals surface area contributed by atoms with Crippen molar-refractivity contribution in [2.24, 2.45) is 0 Å². The topological polar surface area (TPSA) is 47.9 Å². The molecule has 0 aliphatic heterocycles. The highest BCUT2D eigenvalue weighted by atomic mass is 16.3. The van der Waals surface area contributed by atoms with Crippen molar-refractivity contribution < 1.29 is 10.8 Å². The van der Waals surface area contributed by atoms with Gasteiger partial charge < -0.3 is 10.8 Å². The lowest BCUT2D eigenvalue weighted by Crippen LogP contribution is -2.63. The van der Waals surface area contributed by atoms with Gasteiger partial charge in [0.15, 0.2) is 0 Å². The molecule has 1 aliphatic carbocycles. The van der Waals surface area contributed by atoms with E-state index in [1.807, 2.05) is 36.4 Å². The van der Waals surface area contributed by atoms with Crippen LogP contribution in [-0.2, 0) is 0 Å². The fourth-order valence-electron chi connectivity index (χ4n) is 1.50. The average Bonchev–Trinajstić information content (AvgIpc) is 2.12. The lowest BCUT2D eigenvalue weighted by molar-refractivity contribution is -0.422. The Balaban J connectivity index is 2.52. The van der Waals surface area contributed by atoms with Gasteiger partial charge in [-0.05, 0) is 17.2 Å². The van der Waals surface area contributed by atoms with Gasteiger partial charge in [-0.25, -0.2) is 0 Å².